The summed E-state index contributed by atoms with van der Waals surface area (Å²) in [6, 6.07) is 26.6. The van der Waals surface area contributed by atoms with Crippen molar-refractivity contribution in [2.45, 2.75) is 45.4 Å². The second-order valence-electron chi connectivity index (χ2n) is 11.8. The van der Waals surface area contributed by atoms with Crippen LogP contribution in [0.3, 0.4) is 0 Å². The van der Waals surface area contributed by atoms with Crippen molar-refractivity contribution < 1.29 is 28.5 Å². The summed E-state index contributed by atoms with van der Waals surface area (Å²) in [5.74, 6) is 3.79. The summed E-state index contributed by atoms with van der Waals surface area (Å²) in [5.41, 5.74) is 1.06. The number of hydrogen-bond acceptors (Lipinski definition) is 8. The first-order valence-electron chi connectivity index (χ1n) is 14.9. The van der Waals surface area contributed by atoms with E-state index in [-0.39, 0.29) is 12.2 Å². The van der Waals surface area contributed by atoms with Crippen LogP contribution >= 0.6 is 0 Å². The lowest BCUT2D eigenvalue weighted by atomic mass is 10.2. The van der Waals surface area contributed by atoms with Gasteiger partial charge in [0, 0.05) is 25.2 Å². The van der Waals surface area contributed by atoms with Crippen LogP contribution in [0.1, 0.15) is 32.8 Å². The number of rotatable bonds is 9. The number of amides is 1. The third-order valence-electron chi connectivity index (χ3n) is 7.16. The number of carbonyl (C=O) groups is 1. The standard InChI is InChI=1S/C35H36N4O6/c1-35(2,3)45-34(40)38-21-19-29(23-38)44-33-31-30(43-28-16-14-27(15-17-28)42-26-8-6-5-7-9-26)18-20-36-32(31)39(37-33)22-24-10-12-25(41-4)13-11-24/h5-18,20,29H,19,21-23H2,1-4H3/t29-/m1/s1. The van der Waals surface area contributed by atoms with E-state index in [1.807, 2.05) is 99.6 Å². The molecule has 1 saturated heterocycles. The average molecular weight is 609 g/mol. The van der Waals surface area contributed by atoms with Gasteiger partial charge in [0.15, 0.2) is 5.65 Å². The molecule has 10 heteroatoms. The first-order valence-corrected chi connectivity index (χ1v) is 14.9. The van der Waals surface area contributed by atoms with E-state index in [4.69, 9.17) is 28.8 Å². The monoisotopic (exact) mass is 608 g/mol. The molecule has 0 unspecified atom stereocenters. The predicted molar refractivity (Wildman–Crippen MR) is 169 cm³/mol. The first kappa shape index (κ1) is 29.8. The van der Waals surface area contributed by atoms with E-state index in [1.165, 1.54) is 0 Å². The lowest BCUT2D eigenvalue weighted by Crippen LogP contribution is -2.36. The third kappa shape index (κ3) is 7.29. The second-order valence-corrected chi connectivity index (χ2v) is 11.8. The Bertz CT molecular complexity index is 1750. The summed E-state index contributed by atoms with van der Waals surface area (Å²) < 4.78 is 31.5. The highest BCUT2D eigenvalue weighted by molar-refractivity contribution is 5.88. The smallest absolute Gasteiger partial charge is 0.410 e. The normalized spacial score (nSPS) is 14.8. The van der Waals surface area contributed by atoms with Gasteiger partial charge in [0.25, 0.3) is 0 Å². The van der Waals surface area contributed by atoms with Crippen molar-refractivity contribution in [2.24, 2.45) is 0 Å². The summed E-state index contributed by atoms with van der Waals surface area (Å²) in [5, 5.41) is 5.49. The molecule has 10 nitrogen and oxygen atoms in total. The van der Waals surface area contributed by atoms with Crippen molar-refractivity contribution in [1.82, 2.24) is 19.7 Å². The van der Waals surface area contributed by atoms with Crippen LogP contribution in [0.2, 0.25) is 0 Å². The molecule has 0 saturated carbocycles. The number of methoxy groups -OCH3 is 1. The average Bonchev–Trinajstić information content (AvgIpc) is 3.64. The first-order chi connectivity index (χ1) is 21.7. The van der Waals surface area contributed by atoms with Gasteiger partial charge in [0.05, 0.1) is 20.2 Å². The van der Waals surface area contributed by atoms with Crippen LogP contribution in [-0.2, 0) is 11.3 Å². The van der Waals surface area contributed by atoms with Crippen molar-refractivity contribution in [3.05, 3.63) is 96.7 Å². The number of para-hydroxylation sites is 1. The molecule has 3 aromatic carbocycles. The van der Waals surface area contributed by atoms with Crippen LogP contribution in [0.25, 0.3) is 11.0 Å². The van der Waals surface area contributed by atoms with Gasteiger partial charge in [0.2, 0.25) is 5.88 Å². The minimum Gasteiger partial charge on any atom is -0.497 e. The van der Waals surface area contributed by atoms with Crippen LogP contribution in [0.5, 0.6) is 34.6 Å². The zero-order chi connectivity index (χ0) is 31.4. The van der Waals surface area contributed by atoms with E-state index in [9.17, 15) is 4.79 Å². The molecule has 0 bridgehead atoms. The summed E-state index contributed by atoms with van der Waals surface area (Å²) in [6.45, 7) is 6.95. The number of hydrogen-bond donors (Lipinski definition) is 0. The maximum atomic E-state index is 12.7. The number of benzene rings is 3. The third-order valence-corrected chi connectivity index (χ3v) is 7.16. The maximum Gasteiger partial charge on any atom is 0.410 e. The Hall–Kier alpha value is -5.25. The Morgan fingerprint density at radius 3 is 2.22 bits per heavy atom. The van der Waals surface area contributed by atoms with Gasteiger partial charge in [-0.05, 0) is 74.9 Å². The van der Waals surface area contributed by atoms with Crippen molar-refractivity contribution >= 4 is 17.1 Å². The molecule has 1 aliphatic heterocycles. The lowest BCUT2D eigenvalue weighted by molar-refractivity contribution is 0.0275. The fourth-order valence-electron chi connectivity index (χ4n) is 5.02. The molecule has 1 aliphatic rings. The number of nitrogens with zero attached hydrogens (tertiary/aromatic N) is 4. The maximum absolute atomic E-state index is 12.7. The van der Waals surface area contributed by atoms with E-state index in [1.54, 1.807) is 29.0 Å². The predicted octanol–water partition coefficient (Wildman–Crippen LogP) is 7.46. The Morgan fingerprint density at radius 2 is 1.53 bits per heavy atom. The Kier molecular flexibility index (Phi) is 8.46. The zero-order valence-corrected chi connectivity index (χ0v) is 25.8. The van der Waals surface area contributed by atoms with Crippen molar-refractivity contribution in [3.8, 4) is 34.6 Å². The molecule has 1 atom stereocenters. The fraction of sp³-hybridized carbons (Fsp3) is 0.286. The molecule has 5 aromatic rings. The molecule has 3 heterocycles. The van der Waals surface area contributed by atoms with Crippen molar-refractivity contribution in [1.29, 1.82) is 0 Å². The molecule has 1 fully saturated rings. The molecule has 0 spiro atoms. The highest BCUT2D eigenvalue weighted by Gasteiger charge is 2.32. The molecular formula is C35H36N4O6. The fourth-order valence-corrected chi connectivity index (χ4v) is 5.02. The highest BCUT2D eigenvalue weighted by atomic mass is 16.6. The van der Waals surface area contributed by atoms with Crippen molar-refractivity contribution in [3.63, 3.8) is 0 Å². The topological polar surface area (TPSA) is 97.2 Å². The van der Waals surface area contributed by atoms with E-state index in [0.29, 0.717) is 60.2 Å². The van der Waals surface area contributed by atoms with E-state index in [2.05, 4.69) is 4.98 Å². The minimum atomic E-state index is -0.573. The SMILES string of the molecule is COc1ccc(Cn2nc(O[C@@H]3CCN(C(=O)OC(C)(C)C)C3)c3c(Oc4ccc(Oc5ccccc5)cc4)ccnc32)cc1. The van der Waals surface area contributed by atoms with Gasteiger partial charge in [0.1, 0.15) is 45.8 Å². The van der Waals surface area contributed by atoms with E-state index in [0.717, 1.165) is 17.1 Å². The van der Waals surface area contributed by atoms with Crippen LogP contribution in [0, 0.1) is 0 Å². The summed E-state index contributed by atoms with van der Waals surface area (Å²) in [4.78, 5) is 19.0. The van der Waals surface area contributed by atoms with Gasteiger partial charge in [-0.2, -0.15) is 0 Å². The number of ether oxygens (including phenoxy) is 5. The Labute approximate surface area is 262 Å². The van der Waals surface area contributed by atoms with E-state index >= 15 is 0 Å². The minimum absolute atomic E-state index is 0.271. The largest absolute Gasteiger partial charge is 0.497 e. The van der Waals surface area contributed by atoms with Gasteiger partial charge in [-0.25, -0.2) is 14.5 Å². The van der Waals surface area contributed by atoms with Crippen LogP contribution < -0.4 is 18.9 Å². The molecular weight excluding hydrogens is 572 g/mol. The number of likely N-dealkylation sites (tertiary alicyclic amines) is 1. The molecule has 0 N–H and O–H groups in total. The van der Waals surface area contributed by atoms with Crippen LogP contribution in [-0.4, -0.2) is 57.7 Å². The molecule has 0 aliphatic carbocycles. The number of carbonyl (C=O) groups excluding carboxylic acids is 1. The summed E-state index contributed by atoms with van der Waals surface area (Å²) in [7, 11) is 1.64. The van der Waals surface area contributed by atoms with Gasteiger partial charge < -0.3 is 28.6 Å². The highest BCUT2D eigenvalue weighted by Crippen LogP contribution is 2.37. The van der Waals surface area contributed by atoms with Crippen LogP contribution in [0.4, 0.5) is 4.79 Å². The van der Waals surface area contributed by atoms with Crippen molar-refractivity contribution in [2.75, 3.05) is 20.2 Å². The van der Waals surface area contributed by atoms with Gasteiger partial charge >= 0.3 is 6.09 Å². The quantitative estimate of drug-likeness (QED) is 0.170. The number of fused-ring (bicyclic) bond motifs is 1. The van der Waals surface area contributed by atoms with Gasteiger partial charge in [-0.3, -0.25) is 0 Å². The molecule has 45 heavy (non-hydrogen) atoms. The number of aromatic nitrogens is 3. The molecule has 0 radical (unpaired) electrons. The summed E-state index contributed by atoms with van der Waals surface area (Å²) in [6.07, 6.45) is 1.72. The lowest BCUT2D eigenvalue weighted by Gasteiger charge is -2.24. The molecule has 2 aromatic heterocycles. The van der Waals surface area contributed by atoms with Gasteiger partial charge in [-0.1, -0.05) is 30.3 Å². The molecule has 1 amide bonds. The second kappa shape index (κ2) is 12.8. The molecule has 232 valence electrons. The summed E-state index contributed by atoms with van der Waals surface area (Å²) >= 11 is 0. The zero-order valence-electron chi connectivity index (χ0n) is 25.8. The molecule has 6 rings (SSSR count). The number of pyridine rings is 1. The van der Waals surface area contributed by atoms with Crippen LogP contribution in [0.15, 0.2) is 91.1 Å². The Balaban J connectivity index is 1.27. The van der Waals surface area contributed by atoms with E-state index < -0.39 is 5.60 Å². The van der Waals surface area contributed by atoms with Gasteiger partial charge in [-0.15, -0.1) is 5.10 Å². The Morgan fingerprint density at radius 1 is 0.867 bits per heavy atom.